The topological polar surface area (TPSA) is 50.4 Å². The number of alkyl carbamates (subject to hydrolysis) is 1. The maximum absolute atomic E-state index is 10.5. The molecule has 2 N–H and O–H groups in total. The Hall–Kier alpha value is -1.55. The number of benzene rings is 1. The van der Waals surface area contributed by atoms with Gasteiger partial charge in [0, 0.05) is 6.54 Å². The molecule has 0 aliphatic heterocycles. The normalized spacial score (nSPS) is 8.40. The maximum atomic E-state index is 10.5. The summed E-state index contributed by atoms with van der Waals surface area (Å²) < 4.78 is 4.59. The summed E-state index contributed by atoms with van der Waals surface area (Å²) in [5, 5.41) is 5.68. The van der Waals surface area contributed by atoms with Crippen molar-refractivity contribution in [3.05, 3.63) is 36.4 Å². The van der Waals surface area contributed by atoms with Gasteiger partial charge in [0.2, 0.25) is 0 Å². The standard InChI is InChI=1S/C6H13NO2.C6H6.C4H11N/c1-3-5-7-6(8)9-4-2;1-2-4-6-5-3-1;1-3-5-4-2/h3-5H2,1-2H3,(H,7,8);1-6H;5H,3-4H2,1-2H3. The average molecular weight is 282 g/mol. The lowest BCUT2D eigenvalue weighted by molar-refractivity contribution is 0.152. The van der Waals surface area contributed by atoms with Crippen molar-refractivity contribution < 1.29 is 9.53 Å². The number of nitrogens with one attached hydrogen (secondary N) is 2. The highest BCUT2D eigenvalue weighted by Crippen LogP contribution is 1.80. The fraction of sp³-hybridized carbons (Fsp3) is 0.562. The molecule has 4 nitrogen and oxygen atoms in total. The van der Waals surface area contributed by atoms with Crippen molar-refractivity contribution in [2.24, 2.45) is 0 Å². The second kappa shape index (κ2) is 19.8. The average Bonchev–Trinajstić information content (AvgIpc) is 2.49. The third kappa shape index (κ3) is 21.7. The minimum atomic E-state index is -0.320. The van der Waals surface area contributed by atoms with Gasteiger partial charge in [-0.3, -0.25) is 0 Å². The number of carbonyl (C=O) groups excluding carboxylic acids is 1. The molecule has 0 saturated carbocycles. The van der Waals surface area contributed by atoms with E-state index >= 15 is 0 Å². The van der Waals surface area contributed by atoms with Crippen molar-refractivity contribution in [3.8, 4) is 0 Å². The third-order valence-corrected chi connectivity index (χ3v) is 1.96. The van der Waals surface area contributed by atoms with Crippen LogP contribution in [0.1, 0.15) is 34.1 Å². The van der Waals surface area contributed by atoms with Crippen LogP contribution in [0.5, 0.6) is 0 Å². The summed E-state index contributed by atoms with van der Waals surface area (Å²) >= 11 is 0. The first-order chi connectivity index (χ1) is 9.72. The number of ether oxygens (including phenoxy) is 1. The van der Waals surface area contributed by atoms with Gasteiger partial charge >= 0.3 is 6.09 Å². The molecule has 20 heavy (non-hydrogen) atoms. The van der Waals surface area contributed by atoms with Gasteiger partial charge in [0.05, 0.1) is 6.61 Å². The number of carbonyl (C=O) groups is 1. The maximum Gasteiger partial charge on any atom is 0.407 e. The Morgan fingerprint density at radius 2 is 1.35 bits per heavy atom. The molecular formula is C16H30N2O2. The van der Waals surface area contributed by atoms with Gasteiger partial charge in [-0.1, -0.05) is 57.2 Å². The quantitative estimate of drug-likeness (QED) is 0.869. The minimum Gasteiger partial charge on any atom is -0.450 e. The fourth-order valence-corrected chi connectivity index (χ4v) is 1.04. The smallest absolute Gasteiger partial charge is 0.407 e. The van der Waals surface area contributed by atoms with Crippen LogP contribution in [0, 0.1) is 0 Å². The lowest BCUT2D eigenvalue weighted by Crippen LogP contribution is -2.24. The van der Waals surface area contributed by atoms with Gasteiger partial charge in [-0.25, -0.2) is 4.79 Å². The number of hydrogen-bond donors (Lipinski definition) is 2. The minimum absolute atomic E-state index is 0.320. The molecule has 1 rings (SSSR count). The molecule has 0 atom stereocenters. The van der Waals surface area contributed by atoms with E-state index in [0.29, 0.717) is 13.2 Å². The first-order valence-corrected chi connectivity index (χ1v) is 7.34. The Bertz CT molecular complexity index is 250. The van der Waals surface area contributed by atoms with Crippen LogP contribution in [0.2, 0.25) is 0 Å². The van der Waals surface area contributed by atoms with Crippen molar-refractivity contribution in [3.63, 3.8) is 0 Å². The summed E-state index contributed by atoms with van der Waals surface area (Å²) in [7, 11) is 0. The van der Waals surface area contributed by atoms with E-state index in [4.69, 9.17) is 0 Å². The highest BCUT2D eigenvalue weighted by Gasteiger charge is 1.94. The van der Waals surface area contributed by atoms with E-state index < -0.39 is 0 Å². The molecule has 1 aromatic carbocycles. The molecule has 4 heteroatoms. The molecule has 0 aliphatic rings. The molecule has 0 unspecified atom stereocenters. The summed E-state index contributed by atoms with van der Waals surface area (Å²) in [4.78, 5) is 10.5. The molecule has 0 heterocycles. The van der Waals surface area contributed by atoms with Crippen LogP contribution in [0.4, 0.5) is 4.79 Å². The van der Waals surface area contributed by atoms with E-state index in [9.17, 15) is 4.79 Å². The van der Waals surface area contributed by atoms with Crippen molar-refractivity contribution in [1.82, 2.24) is 10.6 Å². The number of amides is 1. The zero-order valence-corrected chi connectivity index (χ0v) is 13.3. The predicted molar refractivity (Wildman–Crippen MR) is 86.0 cm³/mol. The molecule has 0 radical (unpaired) electrons. The zero-order chi connectivity index (χ0) is 15.5. The first kappa shape index (κ1) is 20.8. The Morgan fingerprint density at radius 1 is 0.900 bits per heavy atom. The van der Waals surface area contributed by atoms with Crippen LogP contribution in [-0.4, -0.2) is 32.3 Å². The van der Waals surface area contributed by atoms with Crippen molar-refractivity contribution >= 4 is 6.09 Å². The van der Waals surface area contributed by atoms with E-state index in [2.05, 4.69) is 29.2 Å². The Kier molecular flexibility index (Phi) is 20.5. The second-order valence-corrected chi connectivity index (χ2v) is 3.76. The highest BCUT2D eigenvalue weighted by atomic mass is 16.5. The first-order valence-electron chi connectivity index (χ1n) is 7.34. The SMILES string of the molecule is CCCNC(=O)OCC.CCNCC.c1ccccc1. The van der Waals surface area contributed by atoms with Crippen molar-refractivity contribution in [1.29, 1.82) is 0 Å². The Morgan fingerprint density at radius 3 is 1.60 bits per heavy atom. The van der Waals surface area contributed by atoms with Gasteiger partial charge in [0.25, 0.3) is 0 Å². The van der Waals surface area contributed by atoms with Gasteiger partial charge in [0.15, 0.2) is 0 Å². The summed E-state index contributed by atoms with van der Waals surface area (Å²) in [5.74, 6) is 0. The summed E-state index contributed by atoms with van der Waals surface area (Å²) in [6.45, 7) is 11.3. The van der Waals surface area contributed by atoms with E-state index in [0.717, 1.165) is 19.5 Å². The van der Waals surface area contributed by atoms with Gasteiger partial charge < -0.3 is 15.4 Å². The molecule has 0 spiro atoms. The summed E-state index contributed by atoms with van der Waals surface area (Å²) in [5.41, 5.74) is 0. The van der Waals surface area contributed by atoms with E-state index in [1.807, 2.05) is 43.3 Å². The number of hydrogen-bond acceptors (Lipinski definition) is 3. The molecule has 0 saturated heterocycles. The summed E-state index contributed by atoms with van der Waals surface area (Å²) in [6.07, 6.45) is 0.623. The van der Waals surface area contributed by atoms with Crippen molar-refractivity contribution in [2.45, 2.75) is 34.1 Å². The molecule has 0 bridgehead atoms. The van der Waals surface area contributed by atoms with Crippen LogP contribution < -0.4 is 10.6 Å². The second-order valence-electron chi connectivity index (χ2n) is 3.76. The van der Waals surface area contributed by atoms with Gasteiger partial charge in [-0.2, -0.15) is 0 Å². The zero-order valence-electron chi connectivity index (χ0n) is 13.3. The van der Waals surface area contributed by atoms with Crippen LogP contribution in [-0.2, 0) is 4.74 Å². The Balaban J connectivity index is 0. The van der Waals surface area contributed by atoms with Crippen LogP contribution >= 0.6 is 0 Å². The molecule has 1 amide bonds. The van der Waals surface area contributed by atoms with E-state index in [1.54, 1.807) is 6.92 Å². The van der Waals surface area contributed by atoms with E-state index in [1.165, 1.54) is 0 Å². The fourth-order valence-electron chi connectivity index (χ4n) is 1.04. The van der Waals surface area contributed by atoms with Crippen LogP contribution in [0.15, 0.2) is 36.4 Å². The summed E-state index contributed by atoms with van der Waals surface area (Å²) in [6, 6.07) is 12.0. The third-order valence-electron chi connectivity index (χ3n) is 1.96. The van der Waals surface area contributed by atoms with Crippen LogP contribution in [0.25, 0.3) is 0 Å². The van der Waals surface area contributed by atoms with Crippen LogP contribution in [0.3, 0.4) is 0 Å². The molecule has 1 aromatic rings. The number of rotatable bonds is 5. The lowest BCUT2D eigenvalue weighted by Gasteiger charge is -2.01. The van der Waals surface area contributed by atoms with Crippen molar-refractivity contribution in [2.75, 3.05) is 26.2 Å². The molecule has 116 valence electrons. The predicted octanol–water partition coefficient (Wildman–Crippen LogP) is 3.44. The van der Waals surface area contributed by atoms with Gasteiger partial charge in [-0.05, 0) is 26.4 Å². The highest BCUT2D eigenvalue weighted by molar-refractivity contribution is 5.66. The van der Waals surface area contributed by atoms with E-state index in [-0.39, 0.29) is 6.09 Å². The van der Waals surface area contributed by atoms with Gasteiger partial charge in [-0.15, -0.1) is 0 Å². The Labute approximate surface area is 123 Å². The molecular weight excluding hydrogens is 252 g/mol. The lowest BCUT2D eigenvalue weighted by atomic mass is 10.4. The van der Waals surface area contributed by atoms with Gasteiger partial charge in [0.1, 0.15) is 0 Å². The largest absolute Gasteiger partial charge is 0.450 e. The molecule has 0 fully saturated rings. The molecule has 0 aromatic heterocycles. The monoisotopic (exact) mass is 282 g/mol. The molecule has 0 aliphatic carbocycles.